The van der Waals surface area contributed by atoms with Gasteiger partial charge in [0.1, 0.15) is 0 Å². The molecule has 1 saturated heterocycles. The number of carbonyl (C=O) groups is 1. The van der Waals surface area contributed by atoms with E-state index in [9.17, 15) is 4.79 Å². The molecule has 3 rings (SSSR count). The Balaban J connectivity index is 0.00000243. The number of hydrogen-bond acceptors (Lipinski definition) is 4. The minimum Gasteiger partial charge on any atom is -0.322 e. The number of halogens is 1. The monoisotopic (exact) mass is 377 g/mol. The van der Waals surface area contributed by atoms with E-state index >= 15 is 0 Å². The highest BCUT2D eigenvalue weighted by Gasteiger charge is 2.22. The maximum atomic E-state index is 12.5. The minimum atomic E-state index is 0. The summed E-state index contributed by atoms with van der Waals surface area (Å²) in [5.41, 5.74) is 4.81. The molecule has 2 heterocycles. The summed E-state index contributed by atoms with van der Waals surface area (Å²) in [5, 5.41) is 11.0. The van der Waals surface area contributed by atoms with E-state index in [0.717, 1.165) is 42.4 Å². The SMILES string of the molecule is Cc1ccc(-n2nc(C)c(NC(=O)CN3CCNC[C@@H]3C)c2C)cc1.Cl. The summed E-state index contributed by atoms with van der Waals surface area (Å²) in [6, 6.07) is 8.59. The molecule has 0 radical (unpaired) electrons. The van der Waals surface area contributed by atoms with Gasteiger partial charge in [-0.3, -0.25) is 9.69 Å². The molecular formula is C19H28ClN5O. The van der Waals surface area contributed by atoms with E-state index in [0.29, 0.717) is 12.6 Å². The Morgan fingerprint density at radius 2 is 1.96 bits per heavy atom. The number of carbonyl (C=O) groups excluding carboxylic acids is 1. The smallest absolute Gasteiger partial charge is 0.238 e. The van der Waals surface area contributed by atoms with Gasteiger partial charge in [-0.2, -0.15) is 5.10 Å². The number of rotatable bonds is 4. The van der Waals surface area contributed by atoms with Gasteiger partial charge in [0, 0.05) is 25.7 Å². The van der Waals surface area contributed by atoms with Crippen LogP contribution in [0.3, 0.4) is 0 Å². The number of nitrogens with one attached hydrogen (secondary N) is 2. The molecule has 0 unspecified atom stereocenters. The van der Waals surface area contributed by atoms with E-state index in [2.05, 4.69) is 46.6 Å². The Hall–Kier alpha value is -1.89. The van der Waals surface area contributed by atoms with Gasteiger partial charge in [-0.25, -0.2) is 4.68 Å². The summed E-state index contributed by atoms with van der Waals surface area (Å²) < 4.78 is 1.89. The Morgan fingerprint density at radius 3 is 2.62 bits per heavy atom. The van der Waals surface area contributed by atoms with E-state index < -0.39 is 0 Å². The maximum Gasteiger partial charge on any atom is 0.238 e. The summed E-state index contributed by atoms with van der Waals surface area (Å²) in [7, 11) is 0. The van der Waals surface area contributed by atoms with E-state index in [1.807, 2.05) is 30.7 Å². The van der Waals surface area contributed by atoms with Crippen molar-refractivity contribution >= 4 is 24.0 Å². The van der Waals surface area contributed by atoms with Crippen molar-refractivity contribution in [3.8, 4) is 5.69 Å². The summed E-state index contributed by atoms with van der Waals surface area (Å²) in [5.74, 6) is 0.0170. The predicted molar refractivity (Wildman–Crippen MR) is 108 cm³/mol. The summed E-state index contributed by atoms with van der Waals surface area (Å²) in [4.78, 5) is 14.7. The zero-order chi connectivity index (χ0) is 18.0. The number of amides is 1. The van der Waals surface area contributed by atoms with E-state index in [1.54, 1.807) is 0 Å². The Morgan fingerprint density at radius 1 is 1.27 bits per heavy atom. The predicted octanol–water partition coefficient (Wildman–Crippen LogP) is 2.45. The van der Waals surface area contributed by atoms with E-state index in [1.165, 1.54) is 5.56 Å². The number of aromatic nitrogens is 2. The third kappa shape index (κ3) is 4.44. The topological polar surface area (TPSA) is 62.2 Å². The standard InChI is InChI=1S/C19H27N5O.ClH/c1-13-5-7-17(8-6-13)24-16(4)19(15(3)22-24)21-18(25)12-23-10-9-20-11-14(23)2;/h5-8,14,20H,9-12H2,1-4H3,(H,21,25);1H/t14-;/m0./s1. The minimum absolute atomic E-state index is 0. The second-order valence-corrected chi connectivity index (χ2v) is 6.86. The van der Waals surface area contributed by atoms with Crippen LogP contribution in [0.5, 0.6) is 0 Å². The molecule has 2 aromatic rings. The van der Waals surface area contributed by atoms with Crippen molar-refractivity contribution in [2.75, 3.05) is 31.5 Å². The first-order valence-electron chi connectivity index (χ1n) is 8.83. The molecule has 26 heavy (non-hydrogen) atoms. The van der Waals surface area contributed by atoms with Crippen LogP contribution in [0.2, 0.25) is 0 Å². The molecule has 1 aliphatic heterocycles. The first-order valence-corrected chi connectivity index (χ1v) is 8.83. The number of anilines is 1. The van der Waals surface area contributed by atoms with Crippen molar-refractivity contribution in [3.05, 3.63) is 41.2 Å². The van der Waals surface area contributed by atoms with Gasteiger partial charge in [0.15, 0.2) is 0 Å². The molecule has 6 nitrogen and oxygen atoms in total. The third-order valence-corrected chi connectivity index (χ3v) is 4.82. The Labute approximate surface area is 161 Å². The molecule has 1 fully saturated rings. The van der Waals surface area contributed by atoms with Gasteiger partial charge in [0.2, 0.25) is 5.91 Å². The van der Waals surface area contributed by atoms with Crippen molar-refractivity contribution < 1.29 is 4.79 Å². The van der Waals surface area contributed by atoms with Gasteiger partial charge in [0.05, 0.1) is 29.3 Å². The Kier molecular flexibility index (Phi) is 6.81. The fourth-order valence-electron chi connectivity index (χ4n) is 3.24. The van der Waals surface area contributed by atoms with Crippen LogP contribution in [-0.2, 0) is 4.79 Å². The molecule has 0 saturated carbocycles. The van der Waals surface area contributed by atoms with Crippen LogP contribution < -0.4 is 10.6 Å². The molecule has 0 aliphatic carbocycles. The Bertz CT molecular complexity index is 756. The number of benzene rings is 1. The van der Waals surface area contributed by atoms with Crippen molar-refractivity contribution in [2.24, 2.45) is 0 Å². The first-order chi connectivity index (χ1) is 12.0. The van der Waals surface area contributed by atoms with Crippen LogP contribution in [0.15, 0.2) is 24.3 Å². The van der Waals surface area contributed by atoms with Crippen molar-refractivity contribution in [1.82, 2.24) is 20.0 Å². The zero-order valence-corrected chi connectivity index (χ0v) is 16.7. The molecule has 1 atom stereocenters. The summed E-state index contributed by atoms with van der Waals surface area (Å²) in [6.45, 7) is 11.3. The molecule has 1 aliphatic rings. The molecule has 1 aromatic carbocycles. The second-order valence-electron chi connectivity index (χ2n) is 6.86. The molecule has 2 N–H and O–H groups in total. The number of hydrogen-bond donors (Lipinski definition) is 2. The molecule has 0 bridgehead atoms. The molecular weight excluding hydrogens is 350 g/mol. The fraction of sp³-hybridized carbons (Fsp3) is 0.474. The van der Waals surface area contributed by atoms with Crippen molar-refractivity contribution in [3.63, 3.8) is 0 Å². The highest BCUT2D eigenvalue weighted by Crippen LogP contribution is 2.23. The molecule has 0 spiro atoms. The van der Waals surface area contributed by atoms with Gasteiger partial charge in [-0.1, -0.05) is 17.7 Å². The normalized spacial score (nSPS) is 17.6. The van der Waals surface area contributed by atoms with Crippen molar-refractivity contribution in [2.45, 2.75) is 33.7 Å². The average molecular weight is 378 g/mol. The van der Waals surface area contributed by atoms with Crippen LogP contribution >= 0.6 is 12.4 Å². The highest BCUT2D eigenvalue weighted by molar-refractivity contribution is 5.93. The van der Waals surface area contributed by atoms with Gasteiger partial charge in [-0.15, -0.1) is 12.4 Å². The number of piperazine rings is 1. The van der Waals surface area contributed by atoms with Gasteiger partial charge in [-0.05, 0) is 39.8 Å². The molecule has 1 aromatic heterocycles. The van der Waals surface area contributed by atoms with Crippen LogP contribution in [0.25, 0.3) is 5.69 Å². The average Bonchev–Trinajstić information content (AvgIpc) is 2.86. The van der Waals surface area contributed by atoms with Gasteiger partial charge >= 0.3 is 0 Å². The van der Waals surface area contributed by atoms with E-state index in [4.69, 9.17) is 0 Å². The summed E-state index contributed by atoms with van der Waals surface area (Å²) in [6.07, 6.45) is 0. The van der Waals surface area contributed by atoms with Gasteiger partial charge in [0.25, 0.3) is 0 Å². The van der Waals surface area contributed by atoms with Crippen molar-refractivity contribution in [1.29, 1.82) is 0 Å². The second kappa shape index (κ2) is 8.66. The molecule has 7 heteroatoms. The first kappa shape index (κ1) is 20.4. The van der Waals surface area contributed by atoms with Gasteiger partial charge < -0.3 is 10.6 Å². The summed E-state index contributed by atoms with van der Waals surface area (Å²) >= 11 is 0. The lowest BCUT2D eigenvalue weighted by Gasteiger charge is -2.33. The van der Waals surface area contributed by atoms with Crippen LogP contribution in [0.1, 0.15) is 23.9 Å². The zero-order valence-electron chi connectivity index (χ0n) is 15.9. The third-order valence-electron chi connectivity index (χ3n) is 4.82. The lowest BCUT2D eigenvalue weighted by Crippen LogP contribution is -2.52. The number of nitrogens with zero attached hydrogens (tertiary/aromatic N) is 3. The lowest BCUT2D eigenvalue weighted by molar-refractivity contribution is -0.118. The molecule has 142 valence electrons. The quantitative estimate of drug-likeness (QED) is 0.859. The van der Waals surface area contributed by atoms with Crippen LogP contribution in [0, 0.1) is 20.8 Å². The highest BCUT2D eigenvalue weighted by atomic mass is 35.5. The molecule has 1 amide bonds. The van der Waals surface area contributed by atoms with Crippen LogP contribution in [-0.4, -0.2) is 52.8 Å². The largest absolute Gasteiger partial charge is 0.322 e. The number of aryl methyl sites for hydroxylation is 2. The van der Waals surface area contributed by atoms with E-state index in [-0.39, 0.29) is 18.3 Å². The fourth-order valence-corrected chi connectivity index (χ4v) is 3.24. The van der Waals surface area contributed by atoms with Crippen LogP contribution in [0.4, 0.5) is 5.69 Å². The lowest BCUT2D eigenvalue weighted by atomic mass is 10.2. The maximum absolute atomic E-state index is 12.5.